The van der Waals surface area contributed by atoms with Gasteiger partial charge in [0.05, 0.1) is 28.5 Å². The molecule has 0 fully saturated rings. The third-order valence-corrected chi connectivity index (χ3v) is 8.24. The number of nitrogens with one attached hydrogen (secondary N) is 2. The van der Waals surface area contributed by atoms with Crippen molar-refractivity contribution >= 4 is 45.5 Å². The molecule has 2 N–H and O–H groups in total. The Morgan fingerprint density at radius 1 is 1.00 bits per heavy atom. The number of hydrogen-bond acceptors (Lipinski definition) is 7. The molecule has 1 aliphatic heterocycles. The average Bonchev–Trinajstić information content (AvgIpc) is 3.56. The Morgan fingerprint density at radius 3 is 2.66 bits per heavy atom. The van der Waals surface area contributed by atoms with Gasteiger partial charge in [-0.2, -0.15) is 0 Å². The van der Waals surface area contributed by atoms with E-state index in [0.717, 1.165) is 56.7 Å². The molecule has 0 atom stereocenters. The van der Waals surface area contributed by atoms with Crippen LogP contribution in [0.2, 0.25) is 0 Å². The number of imidazole rings is 1. The SMILES string of the molecule is CC(=O)c1ccc(-c2cncc3[nH]c(C4=NCCCc5ccc(-c6cncc(NC(=O)CC(C)C)c6)cc54)nc23)s1. The lowest BCUT2D eigenvalue weighted by molar-refractivity contribution is -0.116. The monoisotopic (exact) mass is 562 g/mol. The molecule has 1 aromatic carbocycles. The summed E-state index contributed by atoms with van der Waals surface area (Å²) in [6, 6.07) is 12.1. The van der Waals surface area contributed by atoms with Crippen molar-refractivity contribution in [3.05, 3.63) is 83.0 Å². The van der Waals surface area contributed by atoms with Gasteiger partial charge in [0, 0.05) is 46.9 Å². The minimum Gasteiger partial charge on any atom is -0.335 e. The number of aryl methyl sites for hydroxylation is 1. The number of aromatic amines is 1. The van der Waals surface area contributed by atoms with Gasteiger partial charge in [0.15, 0.2) is 11.6 Å². The third-order valence-electron chi connectivity index (χ3n) is 7.03. The Hall–Kier alpha value is -4.50. The summed E-state index contributed by atoms with van der Waals surface area (Å²) in [5.41, 5.74) is 8.11. The first-order valence-corrected chi connectivity index (χ1v) is 14.6. The third kappa shape index (κ3) is 5.58. The summed E-state index contributed by atoms with van der Waals surface area (Å²) in [4.78, 5) is 48.1. The first-order valence-electron chi connectivity index (χ1n) is 13.7. The van der Waals surface area contributed by atoms with Crippen molar-refractivity contribution in [3.8, 4) is 21.6 Å². The molecule has 8 nitrogen and oxygen atoms in total. The van der Waals surface area contributed by atoms with Gasteiger partial charge in [0.1, 0.15) is 11.2 Å². The average molecular weight is 563 g/mol. The van der Waals surface area contributed by atoms with E-state index in [4.69, 9.17) is 9.98 Å². The standard InChI is InChI=1S/C32H30N6O2S/c1-18(2)11-29(40)36-23-12-22(14-33-15-23)21-7-6-20-5-4-10-35-31(24(20)13-21)32-37-26-17-34-16-25(30(26)38-32)28-9-8-27(41-28)19(3)39/h6-9,12-18H,4-5,10-11H2,1-3H3,(H,36,40)(H,37,38). The van der Waals surface area contributed by atoms with Gasteiger partial charge in [-0.15, -0.1) is 11.3 Å². The molecule has 41 heavy (non-hydrogen) atoms. The highest BCUT2D eigenvalue weighted by Gasteiger charge is 2.21. The summed E-state index contributed by atoms with van der Waals surface area (Å²) in [5, 5.41) is 2.97. The highest BCUT2D eigenvalue weighted by atomic mass is 32.1. The topological polar surface area (TPSA) is 113 Å². The van der Waals surface area contributed by atoms with Gasteiger partial charge < -0.3 is 10.3 Å². The van der Waals surface area contributed by atoms with E-state index in [1.54, 1.807) is 25.5 Å². The number of aromatic nitrogens is 4. The van der Waals surface area contributed by atoms with Gasteiger partial charge in [0.2, 0.25) is 5.91 Å². The molecule has 0 bridgehead atoms. The van der Waals surface area contributed by atoms with Gasteiger partial charge in [-0.05, 0) is 61.1 Å². The van der Waals surface area contributed by atoms with Crippen LogP contribution in [-0.4, -0.2) is 43.9 Å². The van der Waals surface area contributed by atoms with Gasteiger partial charge >= 0.3 is 0 Å². The molecule has 1 aliphatic rings. The summed E-state index contributed by atoms with van der Waals surface area (Å²) in [6.45, 7) is 6.32. The second kappa shape index (κ2) is 11.2. The van der Waals surface area contributed by atoms with Crippen molar-refractivity contribution in [2.45, 2.75) is 40.0 Å². The van der Waals surface area contributed by atoms with Crippen LogP contribution in [0.4, 0.5) is 5.69 Å². The van der Waals surface area contributed by atoms with E-state index in [2.05, 4.69) is 38.5 Å². The number of aliphatic imine (C=N–C) groups is 1. The highest BCUT2D eigenvalue weighted by molar-refractivity contribution is 7.17. The van der Waals surface area contributed by atoms with Crippen LogP contribution >= 0.6 is 11.3 Å². The molecule has 5 aromatic rings. The summed E-state index contributed by atoms with van der Waals surface area (Å²) < 4.78 is 0. The Labute approximate surface area is 242 Å². The van der Waals surface area contributed by atoms with Crippen LogP contribution < -0.4 is 5.32 Å². The molecule has 0 radical (unpaired) electrons. The first-order chi connectivity index (χ1) is 19.9. The molecule has 6 rings (SSSR count). The lowest BCUT2D eigenvalue weighted by Crippen LogP contribution is -2.14. The lowest BCUT2D eigenvalue weighted by atomic mass is 9.95. The maximum atomic E-state index is 12.3. The van der Waals surface area contributed by atoms with Gasteiger partial charge in [-0.1, -0.05) is 26.0 Å². The maximum Gasteiger partial charge on any atom is 0.224 e. The van der Waals surface area contributed by atoms with E-state index in [1.165, 1.54) is 16.9 Å². The van der Waals surface area contributed by atoms with Crippen molar-refractivity contribution in [3.63, 3.8) is 0 Å². The Morgan fingerprint density at radius 2 is 1.85 bits per heavy atom. The molecule has 0 saturated carbocycles. The number of carbonyl (C=O) groups is 2. The quantitative estimate of drug-likeness (QED) is 0.214. The van der Waals surface area contributed by atoms with Crippen LogP contribution in [0.15, 0.2) is 66.2 Å². The molecule has 0 saturated heterocycles. The number of fused-ring (bicyclic) bond motifs is 2. The number of benzene rings is 1. The largest absolute Gasteiger partial charge is 0.335 e. The van der Waals surface area contributed by atoms with E-state index in [1.807, 2.05) is 38.2 Å². The molecule has 4 aromatic heterocycles. The zero-order chi connectivity index (χ0) is 28.5. The number of carbonyl (C=O) groups excluding carboxylic acids is 2. The van der Waals surface area contributed by atoms with E-state index in [-0.39, 0.29) is 17.6 Å². The molecular weight excluding hydrogens is 532 g/mol. The number of thiophene rings is 1. The van der Waals surface area contributed by atoms with Crippen LogP contribution in [0.1, 0.15) is 60.2 Å². The molecule has 5 heterocycles. The van der Waals surface area contributed by atoms with Crippen molar-refractivity contribution < 1.29 is 9.59 Å². The number of amides is 1. The van der Waals surface area contributed by atoms with Crippen LogP contribution in [-0.2, 0) is 11.2 Å². The van der Waals surface area contributed by atoms with E-state index >= 15 is 0 Å². The smallest absolute Gasteiger partial charge is 0.224 e. The Bertz CT molecular complexity index is 1820. The zero-order valence-corrected chi connectivity index (χ0v) is 24.0. The molecule has 9 heteroatoms. The fourth-order valence-corrected chi connectivity index (χ4v) is 6.00. The summed E-state index contributed by atoms with van der Waals surface area (Å²) in [7, 11) is 0. The molecular formula is C32H30N6O2S. The van der Waals surface area contributed by atoms with E-state index in [9.17, 15) is 9.59 Å². The van der Waals surface area contributed by atoms with Crippen molar-refractivity contribution in [2.24, 2.45) is 10.9 Å². The summed E-state index contributed by atoms with van der Waals surface area (Å²) in [6.07, 6.45) is 9.38. The number of rotatable bonds is 7. The minimum atomic E-state index is -0.0193. The molecule has 1 amide bonds. The van der Waals surface area contributed by atoms with Crippen LogP contribution in [0, 0.1) is 5.92 Å². The normalized spacial score (nSPS) is 13.1. The number of H-pyrrole nitrogens is 1. The first kappa shape index (κ1) is 26.7. The summed E-state index contributed by atoms with van der Waals surface area (Å²) >= 11 is 1.45. The fourth-order valence-electron chi connectivity index (χ4n) is 5.09. The minimum absolute atomic E-state index is 0.0193. The molecule has 206 valence electrons. The fraction of sp³-hybridized carbons (Fsp3) is 0.250. The zero-order valence-electron chi connectivity index (χ0n) is 23.2. The van der Waals surface area contributed by atoms with Crippen molar-refractivity contribution in [1.29, 1.82) is 0 Å². The van der Waals surface area contributed by atoms with Crippen LogP contribution in [0.3, 0.4) is 0 Å². The molecule has 0 unspecified atom stereocenters. The van der Waals surface area contributed by atoms with Gasteiger partial charge in [0.25, 0.3) is 0 Å². The number of nitrogens with zero attached hydrogens (tertiary/aromatic N) is 4. The van der Waals surface area contributed by atoms with Gasteiger partial charge in [-0.3, -0.25) is 24.5 Å². The summed E-state index contributed by atoms with van der Waals surface area (Å²) in [5.74, 6) is 0.990. The number of Topliss-reactive ketones (excluding diaryl/α,β-unsaturated/α-hetero) is 1. The Kier molecular flexibility index (Phi) is 7.28. The van der Waals surface area contributed by atoms with E-state index in [0.29, 0.717) is 29.4 Å². The van der Waals surface area contributed by atoms with Crippen molar-refractivity contribution in [1.82, 2.24) is 19.9 Å². The number of hydrogen-bond donors (Lipinski definition) is 2. The van der Waals surface area contributed by atoms with Gasteiger partial charge in [-0.25, -0.2) is 4.98 Å². The van der Waals surface area contributed by atoms with Crippen molar-refractivity contribution in [2.75, 3.05) is 11.9 Å². The predicted molar refractivity (Wildman–Crippen MR) is 164 cm³/mol. The Balaban J connectivity index is 1.38. The molecule has 0 spiro atoms. The second-order valence-corrected chi connectivity index (χ2v) is 11.8. The van der Waals surface area contributed by atoms with Crippen LogP contribution in [0.25, 0.3) is 32.6 Å². The highest BCUT2D eigenvalue weighted by Crippen LogP contribution is 2.33. The maximum absolute atomic E-state index is 12.3. The predicted octanol–water partition coefficient (Wildman–Crippen LogP) is 6.72. The lowest BCUT2D eigenvalue weighted by Gasteiger charge is -2.12. The molecule has 0 aliphatic carbocycles. The second-order valence-electron chi connectivity index (χ2n) is 10.7. The van der Waals surface area contributed by atoms with E-state index < -0.39 is 0 Å². The van der Waals surface area contributed by atoms with Crippen LogP contribution in [0.5, 0.6) is 0 Å². The number of pyridine rings is 2. The number of anilines is 1. The number of ketones is 1.